The van der Waals surface area contributed by atoms with E-state index in [0.717, 1.165) is 48.7 Å². The molecule has 2 fully saturated rings. The summed E-state index contributed by atoms with van der Waals surface area (Å²) in [6.07, 6.45) is 8.04. The van der Waals surface area contributed by atoms with Gasteiger partial charge in [0.2, 0.25) is 11.8 Å². The van der Waals surface area contributed by atoms with E-state index in [0.29, 0.717) is 52.3 Å². The van der Waals surface area contributed by atoms with Gasteiger partial charge in [0, 0.05) is 51.3 Å². The normalized spacial score (nSPS) is 22.2. The standard InChI is InChI=1S/C33H44N4O4/c1-40-30-11-6-8-26(20-30)22-36-23-29-9-2-3-12-31(29)41-19-7-10-28-24-37(33(39)25-36)17-13-27(28)21-32(38)34-14-18-35-15-4-5-16-35/h2-3,6-12,20,27-28H,4-5,13-19,21-25H2,1H3,(H,34,38)/t27-,28-/m0/s1. The topological polar surface area (TPSA) is 74.4 Å². The molecule has 0 aromatic heterocycles. The Morgan fingerprint density at radius 2 is 1.90 bits per heavy atom. The van der Waals surface area contributed by atoms with E-state index in [1.165, 1.54) is 12.8 Å². The number of para-hydroxylation sites is 1. The van der Waals surface area contributed by atoms with Crippen LogP contribution >= 0.6 is 0 Å². The van der Waals surface area contributed by atoms with Gasteiger partial charge in [-0.05, 0) is 68.0 Å². The predicted octanol–water partition coefficient (Wildman–Crippen LogP) is 3.71. The highest BCUT2D eigenvalue weighted by molar-refractivity contribution is 5.79. The molecule has 0 radical (unpaired) electrons. The van der Waals surface area contributed by atoms with Crippen LogP contribution in [0.2, 0.25) is 0 Å². The molecule has 5 rings (SSSR count). The number of amides is 2. The molecule has 2 amide bonds. The van der Waals surface area contributed by atoms with Gasteiger partial charge in [0.1, 0.15) is 18.1 Å². The summed E-state index contributed by atoms with van der Waals surface area (Å²) in [5.41, 5.74) is 2.14. The van der Waals surface area contributed by atoms with Crippen LogP contribution in [0.1, 0.15) is 36.8 Å². The molecule has 3 heterocycles. The molecule has 2 bridgehead atoms. The lowest BCUT2D eigenvalue weighted by atomic mass is 9.82. The number of piperidine rings is 1. The first-order valence-electron chi connectivity index (χ1n) is 15.1. The maximum absolute atomic E-state index is 13.7. The Hall–Kier alpha value is -3.36. The second-order valence-corrected chi connectivity index (χ2v) is 11.5. The van der Waals surface area contributed by atoms with Gasteiger partial charge in [-0.25, -0.2) is 0 Å². The van der Waals surface area contributed by atoms with E-state index >= 15 is 0 Å². The zero-order valence-electron chi connectivity index (χ0n) is 24.3. The Morgan fingerprint density at radius 1 is 1.05 bits per heavy atom. The lowest BCUT2D eigenvalue weighted by molar-refractivity contribution is -0.135. The summed E-state index contributed by atoms with van der Waals surface area (Å²) < 4.78 is 11.6. The molecule has 0 unspecified atom stereocenters. The number of carbonyl (C=O) groups excluding carboxylic acids is 2. The van der Waals surface area contributed by atoms with Crippen LogP contribution < -0.4 is 14.8 Å². The monoisotopic (exact) mass is 560 g/mol. The Labute approximate surface area is 244 Å². The summed E-state index contributed by atoms with van der Waals surface area (Å²) >= 11 is 0. The molecular weight excluding hydrogens is 516 g/mol. The third kappa shape index (κ3) is 8.33. The number of methoxy groups -OCH3 is 1. The van der Waals surface area contributed by atoms with Gasteiger partial charge in [-0.2, -0.15) is 0 Å². The van der Waals surface area contributed by atoms with Crippen LogP contribution in [0.3, 0.4) is 0 Å². The first-order chi connectivity index (χ1) is 20.1. The fraction of sp³-hybridized carbons (Fsp3) is 0.515. The van der Waals surface area contributed by atoms with E-state index in [1.807, 2.05) is 41.3 Å². The molecule has 41 heavy (non-hydrogen) atoms. The van der Waals surface area contributed by atoms with Crippen LogP contribution in [-0.2, 0) is 22.7 Å². The number of nitrogens with zero attached hydrogens (tertiary/aromatic N) is 3. The number of nitrogens with one attached hydrogen (secondary N) is 1. The first-order valence-corrected chi connectivity index (χ1v) is 15.1. The van der Waals surface area contributed by atoms with Gasteiger partial charge in [0.25, 0.3) is 0 Å². The average Bonchev–Trinajstić information content (AvgIpc) is 3.50. The van der Waals surface area contributed by atoms with Crippen molar-refractivity contribution in [2.75, 3.05) is 59.5 Å². The fourth-order valence-electron chi connectivity index (χ4n) is 6.27. The van der Waals surface area contributed by atoms with E-state index in [1.54, 1.807) is 7.11 Å². The Bertz CT molecular complexity index is 1200. The van der Waals surface area contributed by atoms with E-state index < -0.39 is 0 Å². The summed E-state index contributed by atoms with van der Waals surface area (Å²) in [6.45, 7) is 7.18. The number of likely N-dealkylation sites (tertiary alicyclic amines) is 1. The number of hydrogen-bond donors (Lipinski definition) is 1. The molecule has 3 aliphatic heterocycles. The number of ether oxygens (including phenoxy) is 2. The average molecular weight is 561 g/mol. The maximum Gasteiger partial charge on any atom is 0.236 e. The fourth-order valence-corrected chi connectivity index (χ4v) is 6.27. The highest BCUT2D eigenvalue weighted by atomic mass is 16.5. The van der Waals surface area contributed by atoms with Gasteiger partial charge in [-0.3, -0.25) is 14.5 Å². The molecule has 0 spiro atoms. The minimum absolute atomic E-state index is 0.111. The molecule has 2 aromatic rings. The van der Waals surface area contributed by atoms with Crippen molar-refractivity contribution in [3.05, 3.63) is 71.8 Å². The first kappa shape index (κ1) is 29.1. The van der Waals surface area contributed by atoms with Crippen molar-refractivity contribution in [2.24, 2.45) is 11.8 Å². The lowest BCUT2D eigenvalue weighted by Crippen LogP contribution is -2.47. The summed E-state index contributed by atoms with van der Waals surface area (Å²) in [6, 6.07) is 16.1. The second kappa shape index (κ2) is 14.5. The SMILES string of the molecule is COc1cccc(CN2CC(=O)N3CC[C@@H](CC(=O)NCCN4CCCC4)[C@@H](C=CCOc4ccccc4C2)C3)c1. The third-order valence-electron chi connectivity index (χ3n) is 8.54. The predicted molar refractivity (Wildman–Crippen MR) is 160 cm³/mol. The van der Waals surface area contributed by atoms with Crippen molar-refractivity contribution < 1.29 is 19.1 Å². The zero-order chi connectivity index (χ0) is 28.4. The van der Waals surface area contributed by atoms with Crippen molar-refractivity contribution in [3.63, 3.8) is 0 Å². The van der Waals surface area contributed by atoms with Crippen molar-refractivity contribution in [1.82, 2.24) is 20.0 Å². The molecule has 0 saturated carbocycles. The summed E-state index contributed by atoms with van der Waals surface area (Å²) in [5, 5.41) is 3.14. The highest BCUT2D eigenvalue weighted by Crippen LogP contribution is 2.29. The van der Waals surface area contributed by atoms with Gasteiger partial charge < -0.3 is 24.6 Å². The van der Waals surface area contributed by atoms with E-state index in [4.69, 9.17) is 9.47 Å². The van der Waals surface area contributed by atoms with E-state index in [9.17, 15) is 9.59 Å². The van der Waals surface area contributed by atoms with Crippen LogP contribution in [0, 0.1) is 11.8 Å². The number of hydrogen-bond acceptors (Lipinski definition) is 6. The van der Waals surface area contributed by atoms with Gasteiger partial charge in [0.05, 0.1) is 13.7 Å². The zero-order valence-corrected chi connectivity index (χ0v) is 24.3. The molecule has 2 aromatic carbocycles. The van der Waals surface area contributed by atoms with Gasteiger partial charge >= 0.3 is 0 Å². The number of benzene rings is 2. The van der Waals surface area contributed by atoms with Crippen molar-refractivity contribution >= 4 is 11.8 Å². The Kier molecular flexibility index (Phi) is 10.3. The third-order valence-corrected chi connectivity index (χ3v) is 8.54. The second-order valence-electron chi connectivity index (χ2n) is 11.5. The largest absolute Gasteiger partial charge is 0.497 e. The molecule has 2 saturated heterocycles. The van der Waals surface area contributed by atoms with E-state index in [2.05, 4.69) is 39.4 Å². The van der Waals surface area contributed by atoms with Crippen LogP contribution in [-0.4, -0.2) is 86.0 Å². The number of carbonyl (C=O) groups is 2. The summed E-state index contributed by atoms with van der Waals surface area (Å²) in [5.74, 6) is 2.18. The van der Waals surface area contributed by atoms with Crippen molar-refractivity contribution in [2.45, 2.75) is 38.8 Å². The molecular formula is C33H44N4O4. The van der Waals surface area contributed by atoms with Crippen LogP contribution in [0.5, 0.6) is 11.5 Å². The number of rotatable bonds is 8. The van der Waals surface area contributed by atoms with Gasteiger partial charge in [-0.15, -0.1) is 0 Å². The smallest absolute Gasteiger partial charge is 0.236 e. The number of fused-ring (bicyclic) bond motifs is 3. The molecule has 8 nitrogen and oxygen atoms in total. The summed E-state index contributed by atoms with van der Waals surface area (Å²) in [4.78, 5) is 33.1. The van der Waals surface area contributed by atoms with Crippen LogP contribution in [0.15, 0.2) is 60.7 Å². The highest BCUT2D eigenvalue weighted by Gasteiger charge is 2.32. The minimum Gasteiger partial charge on any atom is -0.497 e. The Morgan fingerprint density at radius 3 is 2.76 bits per heavy atom. The van der Waals surface area contributed by atoms with E-state index in [-0.39, 0.29) is 23.7 Å². The molecule has 0 aliphatic carbocycles. The molecule has 3 aliphatic rings. The van der Waals surface area contributed by atoms with Crippen molar-refractivity contribution in [1.29, 1.82) is 0 Å². The van der Waals surface area contributed by atoms with Crippen molar-refractivity contribution in [3.8, 4) is 11.5 Å². The van der Waals surface area contributed by atoms with Gasteiger partial charge in [-0.1, -0.05) is 42.5 Å². The quantitative estimate of drug-likeness (QED) is 0.497. The van der Waals surface area contributed by atoms with Gasteiger partial charge in [0.15, 0.2) is 0 Å². The minimum atomic E-state index is 0.111. The molecule has 220 valence electrons. The molecule has 8 heteroatoms. The summed E-state index contributed by atoms with van der Waals surface area (Å²) in [7, 11) is 1.67. The molecule has 1 N–H and O–H groups in total. The van der Waals surface area contributed by atoms with Crippen LogP contribution in [0.25, 0.3) is 0 Å². The maximum atomic E-state index is 13.7. The Balaban J connectivity index is 1.27. The molecule has 2 atom stereocenters. The van der Waals surface area contributed by atoms with Crippen LogP contribution in [0.4, 0.5) is 0 Å². The lowest BCUT2D eigenvalue weighted by Gasteiger charge is -2.38.